The van der Waals surface area contributed by atoms with Crippen LogP contribution in [0.1, 0.15) is 36.2 Å². The second kappa shape index (κ2) is 6.78. The predicted molar refractivity (Wildman–Crippen MR) is 93.3 cm³/mol. The summed E-state index contributed by atoms with van der Waals surface area (Å²) in [6.45, 7) is 5.21. The van der Waals surface area contributed by atoms with Gasteiger partial charge in [-0.25, -0.2) is 22.9 Å². The highest BCUT2D eigenvalue weighted by Crippen LogP contribution is 2.37. The zero-order chi connectivity index (χ0) is 19.1. The third-order valence-electron chi connectivity index (χ3n) is 4.90. The molecule has 1 saturated heterocycles. The molecule has 1 atom stereocenters. The number of carbonyl (C=O) groups excluding carboxylic acids is 1. The Balaban J connectivity index is 2.15. The number of rotatable bonds is 3. The molecule has 0 saturated carbocycles. The van der Waals surface area contributed by atoms with Crippen LogP contribution in [0, 0.1) is 18.7 Å². The van der Waals surface area contributed by atoms with Crippen molar-refractivity contribution in [3.63, 3.8) is 0 Å². The largest absolute Gasteiger partial charge is 0.462 e. The zero-order valence-corrected chi connectivity index (χ0v) is 15.0. The lowest BCUT2D eigenvalue weighted by atomic mass is 9.94. The molecule has 1 aromatic heterocycles. The number of pyridine rings is 1. The predicted octanol–water partition coefficient (Wildman–Crippen LogP) is 4.34. The number of piperidine rings is 1. The molecule has 1 aliphatic rings. The summed E-state index contributed by atoms with van der Waals surface area (Å²) in [6, 6.07) is 4.13. The van der Waals surface area contributed by atoms with Crippen molar-refractivity contribution in [2.45, 2.75) is 33.1 Å². The topological polar surface area (TPSA) is 42.4 Å². The molecule has 3 rings (SSSR count). The second-order valence-corrected chi connectivity index (χ2v) is 6.68. The first-order valence-corrected chi connectivity index (χ1v) is 8.64. The molecule has 1 aliphatic heterocycles. The average molecular weight is 366 g/mol. The Hall–Kier alpha value is -2.31. The Labute approximate surface area is 150 Å². The number of ether oxygens (including phenoxy) is 1. The van der Waals surface area contributed by atoms with E-state index < -0.39 is 23.6 Å². The van der Waals surface area contributed by atoms with Crippen LogP contribution in [0.2, 0.25) is 0 Å². The monoisotopic (exact) mass is 366 g/mol. The molecule has 0 N–H and O–H groups in total. The van der Waals surface area contributed by atoms with Gasteiger partial charge in [0.25, 0.3) is 5.92 Å². The molecule has 0 radical (unpaired) electrons. The lowest BCUT2D eigenvalue weighted by Crippen LogP contribution is -2.46. The summed E-state index contributed by atoms with van der Waals surface area (Å²) in [5.74, 6) is -4.30. The van der Waals surface area contributed by atoms with Crippen molar-refractivity contribution in [3.8, 4) is 0 Å². The molecule has 0 amide bonds. The van der Waals surface area contributed by atoms with Crippen molar-refractivity contribution in [1.29, 1.82) is 0 Å². The van der Waals surface area contributed by atoms with Crippen molar-refractivity contribution < 1.29 is 22.7 Å². The van der Waals surface area contributed by atoms with Crippen LogP contribution in [0.4, 0.5) is 19.0 Å². The first-order chi connectivity index (χ1) is 12.2. The molecule has 2 aromatic rings. The van der Waals surface area contributed by atoms with E-state index in [1.54, 1.807) is 18.7 Å². The summed E-state index contributed by atoms with van der Waals surface area (Å²) in [6.07, 6.45) is -0.307. The minimum Gasteiger partial charge on any atom is -0.462 e. The van der Waals surface area contributed by atoms with E-state index in [1.807, 2.05) is 0 Å². The highest BCUT2D eigenvalue weighted by molar-refractivity contribution is 6.02. The van der Waals surface area contributed by atoms with E-state index in [1.165, 1.54) is 25.1 Å². The molecule has 1 unspecified atom stereocenters. The lowest BCUT2D eigenvalue weighted by Gasteiger charge is -2.38. The highest BCUT2D eigenvalue weighted by Gasteiger charge is 2.42. The van der Waals surface area contributed by atoms with Crippen LogP contribution in [0.3, 0.4) is 0 Å². The molecule has 140 valence electrons. The minimum atomic E-state index is -2.74. The highest BCUT2D eigenvalue weighted by atomic mass is 19.3. The minimum absolute atomic E-state index is 0.0819. The van der Waals surface area contributed by atoms with E-state index in [2.05, 4.69) is 4.98 Å². The maximum absolute atomic E-state index is 13.9. The number of anilines is 1. The quantitative estimate of drug-likeness (QED) is 0.758. The average Bonchev–Trinajstić information content (AvgIpc) is 2.58. The van der Waals surface area contributed by atoms with Gasteiger partial charge in [0.05, 0.1) is 12.1 Å². The van der Waals surface area contributed by atoms with Gasteiger partial charge in [0.2, 0.25) is 0 Å². The van der Waals surface area contributed by atoms with Gasteiger partial charge in [-0.15, -0.1) is 0 Å². The summed E-state index contributed by atoms with van der Waals surface area (Å²) in [4.78, 5) is 18.7. The number of hydrogen-bond acceptors (Lipinski definition) is 4. The fourth-order valence-electron chi connectivity index (χ4n) is 3.33. The van der Waals surface area contributed by atoms with Gasteiger partial charge in [-0.05, 0) is 37.6 Å². The summed E-state index contributed by atoms with van der Waals surface area (Å²) in [5, 5.41) is 0.507. The van der Waals surface area contributed by atoms with Crippen LogP contribution in [-0.4, -0.2) is 36.6 Å². The van der Waals surface area contributed by atoms with Crippen molar-refractivity contribution in [3.05, 3.63) is 35.1 Å². The smallest absolute Gasteiger partial charge is 0.342 e. The van der Waals surface area contributed by atoms with E-state index in [9.17, 15) is 18.0 Å². The number of carbonyl (C=O) groups is 1. The van der Waals surface area contributed by atoms with E-state index in [0.29, 0.717) is 22.3 Å². The zero-order valence-electron chi connectivity index (χ0n) is 15.0. The van der Waals surface area contributed by atoms with Crippen molar-refractivity contribution in [1.82, 2.24) is 4.98 Å². The van der Waals surface area contributed by atoms with Gasteiger partial charge < -0.3 is 9.64 Å². The molecular weight excluding hydrogens is 345 g/mol. The van der Waals surface area contributed by atoms with Crippen LogP contribution >= 0.6 is 0 Å². The lowest BCUT2D eigenvalue weighted by molar-refractivity contribution is -0.0652. The van der Waals surface area contributed by atoms with Gasteiger partial charge in [-0.2, -0.15) is 0 Å². The van der Waals surface area contributed by atoms with Crippen molar-refractivity contribution >= 4 is 22.7 Å². The van der Waals surface area contributed by atoms with Gasteiger partial charge >= 0.3 is 5.97 Å². The third-order valence-corrected chi connectivity index (χ3v) is 4.90. The van der Waals surface area contributed by atoms with Gasteiger partial charge in [0, 0.05) is 30.8 Å². The van der Waals surface area contributed by atoms with Gasteiger partial charge in [-0.3, -0.25) is 0 Å². The fourth-order valence-corrected chi connectivity index (χ4v) is 3.33. The summed E-state index contributed by atoms with van der Waals surface area (Å²) in [5.41, 5.74) is 1.26. The molecular formula is C19H21F3N2O2. The Morgan fingerprint density at radius 2 is 2.15 bits per heavy atom. The number of nitrogens with zero attached hydrogens (tertiary/aromatic N) is 2. The van der Waals surface area contributed by atoms with E-state index in [4.69, 9.17) is 4.74 Å². The Morgan fingerprint density at radius 3 is 2.81 bits per heavy atom. The molecule has 1 aromatic carbocycles. The van der Waals surface area contributed by atoms with Crippen molar-refractivity contribution in [2.24, 2.45) is 5.92 Å². The Bertz CT molecular complexity index is 854. The summed E-state index contributed by atoms with van der Waals surface area (Å²) >= 11 is 0. The standard InChI is InChI=1S/C19H21F3N2O2/c1-4-26-18(25)16-12(3)14-9-13(20)5-6-15(14)23-17(16)24-8-7-19(21,22)11(2)10-24/h5-6,9,11H,4,7-8,10H2,1-3H3. The van der Waals surface area contributed by atoms with Crippen LogP contribution in [0.5, 0.6) is 0 Å². The number of alkyl halides is 2. The molecule has 26 heavy (non-hydrogen) atoms. The van der Waals surface area contributed by atoms with Gasteiger partial charge in [0.1, 0.15) is 17.2 Å². The van der Waals surface area contributed by atoms with Crippen LogP contribution in [-0.2, 0) is 4.74 Å². The van der Waals surface area contributed by atoms with E-state index in [0.717, 1.165) is 0 Å². The number of halogens is 3. The van der Waals surface area contributed by atoms with E-state index in [-0.39, 0.29) is 31.7 Å². The maximum Gasteiger partial charge on any atom is 0.342 e. The summed E-state index contributed by atoms with van der Waals surface area (Å²) in [7, 11) is 0. The molecule has 4 nitrogen and oxygen atoms in total. The molecule has 7 heteroatoms. The van der Waals surface area contributed by atoms with E-state index >= 15 is 0 Å². The number of esters is 1. The molecule has 2 heterocycles. The number of hydrogen-bond donors (Lipinski definition) is 0. The molecule has 1 fully saturated rings. The normalized spacial score (nSPS) is 19.6. The first kappa shape index (κ1) is 18.5. The third kappa shape index (κ3) is 3.22. The summed E-state index contributed by atoms with van der Waals surface area (Å²) < 4.78 is 46.5. The first-order valence-electron chi connectivity index (χ1n) is 8.64. The number of aromatic nitrogens is 1. The number of fused-ring (bicyclic) bond motifs is 1. The number of benzene rings is 1. The van der Waals surface area contributed by atoms with Gasteiger partial charge in [-0.1, -0.05) is 6.92 Å². The second-order valence-electron chi connectivity index (χ2n) is 6.68. The molecule has 0 aliphatic carbocycles. The van der Waals surface area contributed by atoms with Crippen LogP contribution < -0.4 is 4.90 Å². The van der Waals surface area contributed by atoms with Gasteiger partial charge in [0.15, 0.2) is 0 Å². The Morgan fingerprint density at radius 1 is 1.42 bits per heavy atom. The van der Waals surface area contributed by atoms with Crippen LogP contribution in [0.15, 0.2) is 18.2 Å². The Kier molecular flexibility index (Phi) is 4.82. The SMILES string of the molecule is CCOC(=O)c1c(N2CCC(F)(F)C(C)C2)nc2ccc(F)cc2c1C. The number of aryl methyl sites for hydroxylation is 1. The molecule has 0 spiro atoms. The van der Waals surface area contributed by atoms with Crippen molar-refractivity contribution in [2.75, 3.05) is 24.6 Å². The van der Waals surface area contributed by atoms with Crippen LogP contribution in [0.25, 0.3) is 10.9 Å². The maximum atomic E-state index is 13.9. The molecule has 0 bridgehead atoms. The fraction of sp³-hybridized carbons (Fsp3) is 0.474.